The van der Waals surface area contributed by atoms with E-state index < -0.39 is 36.1 Å². The number of ketones is 1. The van der Waals surface area contributed by atoms with E-state index in [0.717, 1.165) is 22.8 Å². The Hall–Kier alpha value is -3.15. The predicted octanol–water partition coefficient (Wildman–Crippen LogP) is 1.22. The molecule has 170 valence electrons. The third-order valence-corrected chi connectivity index (χ3v) is 6.49. The van der Waals surface area contributed by atoms with Gasteiger partial charge >= 0.3 is 6.18 Å². The van der Waals surface area contributed by atoms with Gasteiger partial charge in [-0.15, -0.1) is 0 Å². The summed E-state index contributed by atoms with van der Waals surface area (Å²) in [6.07, 6.45) is -2.69. The largest absolute Gasteiger partial charge is 0.413 e. The Kier molecular flexibility index (Phi) is 4.49. The van der Waals surface area contributed by atoms with Crippen LogP contribution < -0.4 is 21.1 Å². The molecule has 5 heterocycles. The molecule has 2 fully saturated rings. The highest BCUT2D eigenvalue weighted by atomic mass is 19.4. The van der Waals surface area contributed by atoms with Crippen molar-refractivity contribution in [3.8, 4) is 0 Å². The van der Waals surface area contributed by atoms with E-state index in [4.69, 9.17) is 10.5 Å². The van der Waals surface area contributed by atoms with Gasteiger partial charge in [-0.25, -0.2) is 4.98 Å². The molecule has 2 N–H and O–H groups in total. The number of Topliss-reactive ketones (excluding diaryl/α,β-unsaturated/α-hetero) is 1. The summed E-state index contributed by atoms with van der Waals surface area (Å²) in [5.41, 5.74) is 2.58. The molecular weight excluding hydrogens is 429 g/mol. The zero-order valence-electron chi connectivity index (χ0n) is 17.2. The fraction of sp³-hybridized carbons (Fsp3) is 0.500. The van der Waals surface area contributed by atoms with Gasteiger partial charge in [0.05, 0.1) is 31.8 Å². The molecule has 3 aliphatic heterocycles. The number of carbonyl (C=O) groups is 1. The topological polar surface area (TPSA) is 107 Å². The maximum absolute atomic E-state index is 14.2. The number of aromatic nitrogens is 3. The summed E-state index contributed by atoms with van der Waals surface area (Å²) in [6.45, 7) is 0.707. The van der Waals surface area contributed by atoms with Gasteiger partial charge in [0, 0.05) is 24.4 Å². The minimum atomic E-state index is -4.71. The molecule has 0 aromatic carbocycles. The van der Waals surface area contributed by atoms with Gasteiger partial charge in [-0.05, 0) is 25.5 Å². The van der Waals surface area contributed by atoms with Gasteiger partial charge in [0.1, 0.15) is 11.6 Å². The lowest BCUT2D eigenvalue weighted by Gasteiger charge is -2.36. The number of halogens is 3. The first-order valence-corrected chi connectivity index (χ1v) is 10.2. The van der Waals surface area contributed by atoms with Crippen LogP contribution in [0.15, 0.2) is 29.2 Å². The Balaban J connectivity index is 1.55. The standard InChI is InChI=1S/C20H21F3N6O3/c1-19(20(21,22)23)10-28-17(31)5-16(27-7-13-4-12(27)9-32-13)26-18(28)29(19)8-14(30)11-2-3-15(24)25-6-11/h2-3,5-6,12-13H,4,7-10H2,1H3,(H2,24,25)/t12?,13?,19-/m0/s1. The lowest BCUT2D eigenvalue weighted by Crippen LogP contribution is -2.57. The minimum Gasteiger partial charge on any atom is -0.384 e. The quantitative estimate of drug-likeness (QED) is 0.694. The molecular formula is C20H21F3N6O3. The highest BCUT2D eigenvalue weighted by Gasteiger charge is 2.60. The van der Waals surface area contributed by atoms with Crippen LogP contribution in [-0.4, -0.2) is 63.9 Å². The SMILES string of the molecule is C[C@@]1(C(F)(F)F)Cn2c(nc(N3CC4CC3CO4)cc2=O)N1CC(=O)c1ccc(N)nc1. The smallest absolute Gasteiger partial charge is 0.384 e. The summed E-state index contributed by atoms with van der Waals surface area (Å²) in [7, 11) is 0. The minimum absolute atomic E-state index is 0.0222. The number of morpholine rings is 1. The highest BCUT2D eigenvalue weighted by Crippen LogP contribution is 2.43. The Morgan fingerprint density at radius 3 is 2.75 bits per heavy atom. The van der Waals surface area contributed by atoms with Gasteiger partial charge in [-0.2, -0.15) is 18.2 Å². The molecule has 3 aliphatic rings. The maximum atomic E-state index is 14.2. The number of rotatable bonds is 4. The van der Waals surface area contributed by atoms with Crippen LogP contribution >= 0.6 is 0 Å². The molecule has 9 nitrogen and oxygen atoms in total. The summed E-state index contributed by atoms with van der Waals surface area (Å²) in [5.74, 6) is -0.271. The number of pyridine rings is 1. The lowest BCUT2D eigenvalue weighted by atomic mass is 10.00. The monoisotopic (exact) mass is 450 g/mol. The van der Waals surface area contributed by atoms with Gasteiger partial charge in [0.25, 0.3) is 5.56 Å². The average molecular weight is 450 g/mol. The van der Waals surface area contributed by atoms with Crippen molar-refractivity contribution in [2.75, 3.05) is 35.2 Å². The molecule has 0 spiro atoms. The van der Waals surface area contributed by atoms with Crippen molar-refractivity contribution in [3.63, 3.8) is 0 Å². The summed E-state index contributed by atoms with van der Waals surface area (Å²) >= 11 is 0. The molecule has 0 radical (unpaired) electrons. The van der Waals surface area contributed by atoms with Crippen LogP contribution in [0.4, 0.5) is 30.8 Å². The van der Waals surface area contributed by atoms with Crippen LogP contribution in [0.5, 0.6) is 0 Å². The number of ether oxygens (including phenoxy) is 1. The zero-order valence-corrected chi connectivity index (χ0v) is 17.2. The van der Waals surface area contributed by atoms with E-state index in [9.17, 15) is 22.8 Å². The molecule has 0 aliphatic carbocycles. The Labute approximate surface area is 180 Å². The fourth-order valence-corrected chi connectivity index (χ4v) is 4.57. The van der Waals surface area contributed by atoms with Gasteiger partial charge in [-0.3, -0.25) is 14.2 Å². The summed E-state index contributed by atoms with van der Waals surface area (Å²) in [6, 6.07) is 4.10. The molecule has 2 bridgehead atoms. The van der Waals surface area contributed by atoms with Crippen molar-refractivity contribution in [2.45, 2.75) is 43.8 Å². The van der Waals surface area contributed by atoms with Crippen molar-refractivity contribution >= 4 is 23.4 Å². The second-order valence-electron chi connectivity index (χ2n) is 8.59. The first kappa shape index (κ1) is 20.7. The van der Waals surface area contributed by atoms with Crippen LogP contribution in [-0.2, 0) is 11.3 Å². The molecule has 2 saturated heterocycles. The fourth-order valence-electron chi connectivity index (χ4n) is 4.57. The van der Waals surface area contributed by atoms with Crippen molar-refractivity contribution in [2.24, 2.45) is 0 Å². The Bertz CT molecular complexity index is 1130. The van der Waals surface area contributed by atoms with Crippen molar-refractivity contribution in [1.82, 2.24) is 14.5 Å². The number of anilines is 3. The molecule has 12 heteroatoms. The number of fused-ring (bicyclic) bond motifs is 3. The molecule has 5 rings (SSSR count). The molecule has 2 unspecified atom stereocenters. The third kappa shape index (κ3) is 3.12. The summed E-state index contributed by atoms with van der Waals surface area (Å²) in [4.78, 5) is 36.7. The second-order valence-corrected chi connectivity index (χ2v) is 8.59. The van der Waals surface area contributed by atoms with Crippen LogP contribution in [0.1, 0.15) is 23.7 Å². The first-order valence-electron chi connectivity index (χ1n) is 10.2. The first-order chi connectivity index (χ1) is 15.1. The van der Waals surface area contributed by atoms with Crippen LogP contribution in [0.3, 0.4) is 0 Å². The van der Waals surface area contributed by atoms with Crippen molar-refractivity contribution in [3.05, 3.63) is 40.3 Å². The Morgan fingerprint density at radius 2 is 2.16 bits per heavy atom. The molecule has 0 saturated carbocycles. The summed E-state index contributed by atoms with van der Waals surface area (Å²) in [5, 5.41) is 0. The van der Waals surface area contributed by atoms with Crippen molar-refractivity contribution in [1.29, 1.82) is 0 Å². The van der Waals surface area contributed by atoms with E-state index in [-0.39, 0.29) is 29.5 Å². The number of nitrogens with two attached hydrogens (primary N) is 1. The average Bonchev–Trinajstić information content (AvgIpc) is 3.43. The molecule has 2 aromatic heterocycles. The zero-order chi connectivity index (χ0) is 22.8. The van der Waals surface area contributed by atoms with Gasteiger partial charge in [0.15, 0.2) is 11.3 Å². The van der Waals surface area contributed by atoms with E-state index >= 15 is 0 Å². The highest BCUT2D eigenvalue weighted by molar-refractivity contribution is 5.99. The molecule has 32 heavy (non-hydrogen) atoms. The third-order valence-electron chi connectivity index (χ3n) is 6.49. The number of nitrogens with zero attached hydrogens (tertiary/aromatic N) is 5. The number of hydrogen-bond acceptors (Lipinski definition) is 8. The van der Waals surface area contributed by atoms with Crippen LogP contribution in [0.25, 0.3) is 0 Å². The van der Waals surface area contributed by atoms with Gasteiger partial charge < -0.3 is 20.3 Å². The molecule has 3 atom stereocenters. The summed E-state index contributed by atoms with van der Waals surface area (Å²) < 4.78 is 49.1. The normalized spacial score (nSPS) is 26.6. The van der Waals surface area contributed by atoms with Gasteiger partial charge in [-0.1, -0.05) is 0 Å². The molecule has 0 amide bonds. The predicted molar refractivity (Wildman–Crippen MR) is 109 cm³/mol. The van der Waals surface area contributed by atoms with E-state index in [2.05, 4.69) is 9.97 Å². The number of hydrogen-bond donors (Lipinski definition) is 1. The molecule has 2 aromatic rings. The van der Waals surface area contributed by atoms with E-state index in [1.165, 1.54) is 24.4 Å². The number of nitrogen functional groups attached to an aromatic ring is 1. The van der Waals surface area contributed by atoms with E-state index in [1.54, 1.807) is 0 Å². The van der Waals surface area contributed by atoms with E-state index in [1.807, 2.05) is 4.90 Å². The second kappa shape index (κ2) is 6.92. The lowest BCUT2D eigenvalue weighted by molar-refractivity contribution is -0.181. The number of alkyl halides is 3. The Morgan fingerprint density at radius 1 is 1.38 bits per heavy atom. The van der Waals surface area contributed by atoms with Gasteiger partial charge in [0.2, 0.25) is 5.95 Å². The van der Waals surface area contributed by atoms with Crippen LogP contribution in [0, 0.1) is 0 Å². The van der Waals surface area contributed by atoms with Crippen molar-refractivity contribution < 1.29 is 22.7 Å². The number of carbonyl (C=O) groups excluding carboxylic acids is 1. The van der Waals surface area contributed by atoms with Crippen LogP contribution in [0.2, 0.25) is 0 Å². The maximum Gasteiger partial charge on any atom is 0.413 e. The van der Waals surface area contributed by atoms with E-state index in [0.29, 0.717) is 19.0 Å².